The van der Waals surface area contributed by atoms with E-state index in [1.165, 1.54) is 15.8 Å². The minimum Gasteiger partial charge on any atom is -0.308 e. The van der Waals surface area contributed by atoms with Gasteiger partial charge in [0.25, 0.3) is 0 Å². The summed E-state index contributed by atoms with van der Waals surface area (Å²) in [6, 6.07) is 0.367. The van der Waals surface area contributed by atoms with Gasteiger partial charge in [-0.1, -0.05) is 0 Å². The lowest BCUT2D eigenvalue weighted by atomic mass is 10.3. The van der Waals surface area contributed by atoms with E-state index in [2.05, 4.69) is 14.8 Å². The summed E-state index contributed by atoms with van der Waals surface area (Å²) in [5.41, 5.74) is -0.661. The molecule has 1 fully saturated rings. The molecule has 1 N–H and O–H groups in total. The number of nitrogens with zero attached hydrogens (tertiary/aromatic N) is 4. The fraction of sp³-hybridized carbons (Fsp3) is 0.357. The minimum atomic E-state index is -4.67. The van der Waals surface area contributed by atoms with Crippen molar-refractivity contribution in [2.45, 2.75) is 23.5 Å². The van der Waals surface area contributed by atoms with Crippen LogP contribution >= 0.6 is 0 Å². The zero-order valence-electron chi connectivity index (χ0n) is 13.4. The number of aromatic nitrogens is 3. The zero-order valence-corrected chi connectivity index (χ0v) is 14.3. The maximum atomic E-state index is 12.5. The van der Waals surface area contributed by atoms with E-state index in [-0.39, 0.29) is 6.42 Å². The summed E-state index contributed by atoms with van der Waals surface area (Å²) in [7, 11) is -2.51. The van der Waals surface area contributed by atoms with Crippen LogP contribution in [0.15, 0.2) is 35.6 Å². The SMILES string of the molecule is Cn1cc(N2CCC(NS(=O)(=O)c3ccc(C(F)(F)F)nc3)C2=O)cn1. The third kappa shape index (κ3) is 3.55. The van der Waals surface area contributed by atoms with Crippen molar-refractivity contribution in [3.63, 3.8) is 0 Å². The second-order valence-corrected chi connectivity index (χ2v) is 7.42. The van der Waals surface area contributed by atoms with Crippen molar-refractivity contribution >= 4 is 21.6 Å². The summed E-state index contributed by atoms with van der Waals surface area (Å²) in [6.45, 7) is 0.295. The highest BCUT2D eigenvalue weighted by Crippen LogP contribution is 2.28. The molecule has 3 rings (SSSR count). The first-order valence-corrected chi connectivity index (χ1v) is 8.92. The topological polar surface area (TPSA) is 97.2 Å². The van der Waals surface area contributed by atoms with Crippen LogP contribution in [0.25, 0.3) is 0 Å². The smallest absolute Gasteiger partial charge is 0.308 e. The van der Waals surface area contributed by atoms with Gasteiger partial charge in [0.2, 0.25) is 15.9 Å². The van der Waals surface area contributed by atoms with E-state index in [1.807, 2.05) is 0 Å². The van der Waals surface area contributed by atoms with E-state index in [9.17, 15) is 26.4 Å². The molecule has 2 aromatic rings. The maximum Gasteiger partial charge on any atom is 0.433 e. The number of hydrogen-bond acceptors (Lipinski definition) is 5. The number of aryl methyl sites for hydroxylation is 1. The van der Waals surface area contributed by atoms with Crippen LogP contribution in [0.1, 0.15) is 12.1 Å². The van der Waals surface area contributed by atoms with Gasteiger partial charge in [-0.25, -0.2) is 8.42 Å². The Kier molecular flexibility index (Phi) is 4.48. The number of carbonyl (C=O) groups is 1. The Morgan fingerprint density at radius 2 is 2.00 bits per heavy atom. The van der Waals surface area contributed by atoms with E-state index in [4.69, 9.17) is 0 Å². The third-order valence-corrected chi connectivity index (χ3v) is 5.30. The van der Waals surface area contributed by atoms with Gasteiger partial charge in [0.15, 0.2) is 0 Å². The van der Waals surface area contributed by atoms with Crippen molar-refractivity contribution in [1.29, 1.82) is 0 Å². The van der Waals surface area contributed by atoms with E-state index in [0.717, 1.165) is 6.07 Å². The summed E-state index contributed by atoms with van der Waals surface area (Å²) in [6.07, 6.45) is -0.727. The molecule has 1 aliphatic rings. The number of halogens is 3. The fourth-order valence-electron chi connectivity index (χ4n) is 2.56. The van der Waals surface area contributed by atoms with E-state index in [0.29, 0.717) is 24.5 Å². The Labute approximate surface area is 146 Å². The Morgan fingerprint density at radius 3 is 2.54 bits per heavy atom. The molecule has 0 radical (unpaired) electrons. The summed E-state index contributed by atoms with van der Waals surface area (Å²) < 4.78 is 65.9. The van der Waals surface area contributed by atoms with Gasteiger partial charge in [0, 0.05) is 26.0 Å². The molecule has 1 saturated heterocycles. The number of hydrogen-bond donors (Lipinski definition) is 1. The summed E-state index contributed by atoms with van der Waals surface area (Å²) in [5, 5.41) is 3.95. The lowest BCUT2D eigenvalue weighted by Crippen LogP contribution is -2.41. The molecule has 1 atom stereocenters. The molecule has 0 aliphatic carbocycles. The lowest BCUT2D eigenvalue weighted by molar-refractivity contribution is -0.141. The number of anilines is 1. The molecule has 1 amide bonds. The summed E-state index contributed by atoms with van der Waals surface area (Å²) >= 11 is 0. The van der Waals surface area contributed by atoms with E-state index >= 15 is 0 Å². The monoisotopic (exact) mass is 389 g/mol. The second kappa shape index (κ2) is 6.36. The van der Waals surface area contributed by atoms with Crippen molar-refractivity contribution in [2.24, 2.45) is 7.05 Å². The van der Waals surface area contributed by atoms with E-state index < -0.39 is 38.7 Å². The summed E-state index contributed by atoms with van der Waals surface area (Å²) in [5.74, 6) is -0.457. The van der Waals surface area contributed by atoms with Gasteiger partial charge in [-0.05, 0) is 18.6 Å². The average Bonchev–Trinajstić information content (AvgIpc) is 3.13. The van der Waals surface area contributed by atoms with Gasteiger partial charge in [0.05, 0.1) is 11.9 Å². The number of rotatable bonds is 4. The van der Waals surface area contributed by atoms with Gasteiger partial charge in [-0.15, -0.1) is 0 Å². The number of amides is 1. The molecule has 12 heteroatoms. The van der Waals surface area contributed by atoms with Gasteiger partial charge >= 0.3 is 6.18 Å². The quantitative estimate of drug-likeness (QED) is 0.839. The van der Waals surface area contributed by atoms with Gasteiger partial charge < -0.3 is 4.90 Å². The Morgan fingerprint density at radius 1 is 1.27 bits per heavy atom. The normalized spacial score (nSPS) is 18.5. The van der Waals surface area contributed by atoms with Gasteiger partial charge in [-0.3, -0.25) is 14.5 Å². The standard InChI is InChI=1S/C14H14F3N5O3S/c1-21-8-9(6-19-21)22-5-4-11(13(22)23)20-26(24,25)10-2-3-12(18-7-10)14(15,16)17/h2-3,6-8,11,20H,4-5H2,1H3. The highest BCUT2D eigenvalue weighted by molar-refractivity contribution is 7.89. The van der Waals surface area contributed by atoms with Crippen molar-refractivity contribution < 1.29 is 26.4 Å². The molecule has 0 bridgehead atoms. The molecule has 26 heavy (non-hydrogen) atoms. The molecular formula is C14H14F3N5O3S. The van der Waals surface area contributed by atoms with Crippen molar-refractivity contribution in [1.82, 2.24) is 19.5 Å². The van der Waals surface area contributed by atoms with Crippen molar-refractivity contribution in [2.75, 3.05) is 11.4 Å². The molecule has 8 nitrogen and oxygen atoms in total. The average molecular weight is 389 g/mol. The molecule has 3 heterocycles. The third-order valence-electron chi connectivity index (χ3n) is 3.84. The van der Waals surface area contributed by atoms with Crippen LogP contribution in [-0.4, -0.2) is 41.7 Å². The van der Waals surface area contributed by atoms with Gasteiger partial charge in [-0.2, -0.15) is 23.0 Å². The predicted octanol–water partition coefficient (Wildman–Crippen LogP) is 0.918. The highest BCUT2D eigenvalue weighted by Gasteiger charge is 2.37. The Bertz CT molecular complexity index is 924. The molecule has 2 aromatic heterocycles. The molecular weight excluding hydrogens is 375 g/mol. The second-order valence-electron chi connectivity index (χ2n) is 5.70. The molecule has 0 spiro atoms. The van der Waals surface area contributed by atoms with Crippen LogP contribution in [0.4, 0.5) is 18.9 Å². The first-order valence-electron chi connectivity index (χ1n) is 7.43. The number of pyridine rings is 1. The van der Waals surface area contributed by atoms with Crippen LogP contribution < -0.4 is 9.62 Å². The number of carbonyl (C=O) groups excluding carboxylic acids is 1. The van der Waals surface area contributed by atoms with Crippen LogP contribution in [-0.2, 0) is 28.0 Å². The van der Waals surface area contributed by atoms with Crippen molar-refractivity contribution in [3.8, 4) is 0 Å². The zero-order chi connectivity index (χ0) is 19.1. The van der Waals surface area contributed by atoms with Crippen LogP contribution in [0, 0.1) is 0 Å². The van der Waals surface area contributed by atoms with E-state index in [1.54, 1.807) is 13.2 Å². The largest absolute Gasteiger partial charge is 0.433 e. The Hall–Kier alpha value is -2.47. The molecule has 140 valence electrons. The number of nitrogens with one attached hydrogen (secondary N) is 1. The minimum absolute atomic E-state index is 0.223. The van der Waals surface area contributed by atoms with Crippen LogP contribution in [0.2, 0.25) is 0 Å². The highest BCUT2D eigenvalue weighted by atomic mass is 32.2. The Balaban J connectivity index is 1.75. The summed E-state index contributed by atoms with van der Waals surface area (Å²) in [4.78, 5) is 16.5. The first kappa shape index (κ1) is 18.3. The molecule has 0 saturated carbocycles. The number of sulfonamides is 1. The molecule has 1 aliphatic heterocycles. The van der Waals surface area contributed by atoms with Crippen LogP contribution in [0.3, 0.4) is 0 Å². The lowest BCUT2D eigenvalue weighted by Gasteiger charge is -2.15. The first-order chi connectivity index (χ1) is 12.1. The molecule has 1 unspecified atom stereocenters. The number of alkyl halides is 3. The maximum absolute atomic E-state index is 12.5. The van der Waals surface area contributed by atoms with Crippen molar-refractivity contribution in [3.05, 3.63) is 36.4 Å². The fourth-order valence-corrected chi connectivity index (χ4v) is 3.72. The van der Waals surface area contributed by atoms with Gasteiger partial charge in [0.1, 0.15) is 16.6 Å². The van der Waals surface area contributed by atoms with Crippen LogP contribution in [0.5, 0.6) is 0 Å². The predicted molar refractivity (Wildman–Crippen MR) is 83.5 cm³/mol. The molecule has 0 aromatic carbocycles.